The minimum atomic E-state index is 0.271. The molecule has 1 unspecified atom stereocenters. The van der Waals surface area contributed by atoms with E-state index in [4.69, 9.17) is 16.3 Å². The van der Waals surface area contributed by atoms with Crippen LogP contribution in [0.25, 0.3) is 0 Å². The Bertz CT molecular complexity index is 372. The van der Waals surface area contributed by atoms with Gasteiger partial charge in [0, 0.05) is 18.4 Å². The van der Waals surface area contributed by atoms with Crippen molar-refractivity contribution in [3.63, 3.8) is 0 Å². The van der Waals surface area contributed by atoms with Crippen LogP contribution in [0, 0.1) is 0 Å². The Balaban J connectivity index is 2.30. The lowest BCUT2D eigenvalue weighted by Gasteiger charge is -2.34. The van der Waals surface area contributed by atoms with Crippen LogP contribution in [0.4, 0.5) is 5.69 Å². The minimum absolute atomic E-state index is 0.271. The van der Waals surface area contributed by atoms with Crippen molar-refractivity contribution in [1.82, 2.24) is 0 Å². The van der Waals surface area contributed by atoms with Crippen LogP contribution in [0.2, 0.25) is 5.02 Å². The van der Waals surface area contributed by atoms with E-state index < -0.39 is 0 Å². The molecule has 1 heterocycles. The summed E-state index contributed by atoms with van der Waals surface area (Å²) in [5.74, 6) is 0. The van der Waals surface area contributed by atoms with E-state index in [0.29, 0.717) is 0 Å². The summed E-state index contributed by atoms with van der Waals surface area (Å²) in [5, 5.41) is 1.65. The van der Waals surface area contributed by atoms with Gasteiger partial charge >= 0.3 is 0 Å². The normalized spacial score (nSPS) is 21.2. The molecule has 2 rings (SSSR count). The van der Waals surface area contributed by atoms with Crippen molar-refractivity contribution in [3.05, 3.63) is 28.8 Å². The predicted octanol–water partition coefficient (Wildman–Crippen LogP) is 3.46. The van der Waals surface area contributed by atoms with Crippen molar-refractivity contribution in [2.24, 2.45) is 0 Å². The van der Waals surface area contributed by atoms with Crippen LogP contribution in [-0.4, -0.2) is 25.8 Å². The third-order valence-corrected chi connectivity index (χ3v) is 3.68. The highest BCUT2D eigenvalue weighted by atomic mass is 79.9. The molecule has 1 aliphatic heterocycles. The Kier molecular flexibility index (Phi) is 4.11. The van der Waals surface area contributed by atoms with E-state index in [1.165, 1.54) is 5.56 Å². The zero-order valence-electron chi connectivity index (χ0n) is 9.25. The van der Waals surface area contributed by atoms with E-state index in [9.17, 15) is 0 Å². The monoisotopic (exact) mass is 303 g/mol. The van der Waals surface area contributed by atoms with E-state index in [2.05, 4.69) is 33.8 Å². The number of benzene rings is 1. The first-order chi connectivity index (χ1) is 7.72. The van der Waals surface area contributed by atoms with Crippen LogP contribution in [-0.2, 0) is 10.1 Å². The predicted molar refractivity (Wildman–Crippen MR) is 71.7 cm³/mol. The number of hydrogen-bond donors (Lipinski definition) is 0. The van der Waals surface area contributed by atoms with Crippen LogP contribution < -0.4 is 4.90 Å². The maximum absolute atomic E-state index is 6.29. The summed E-state index contributed by atoms with van der Waals surface area (Å²) in [4.78, 5) is 2.31. The fourth-order valence-electron chi connectivity index (χ4n) is 2.04. The Morgan fingerprint density at radius 3 is 3.06 bits per heavy atom. The topological polar surface area (TPSA) is 12.5 Å². The van der Waals surface area contributed by atoms with Gasteiger partial charge in [0.05, 0.1) is 23.4 Å². The first-order valence-corrected chi connectivity index (χ1v) is 6.92. The number of ether oxygens (including phenoxy) is 1. The summed E-state index contributed by atoms with van der Waals surface area (Å²) >= 11 is 9.79. The molecule has 0 spiro atoms. The van der Waals surface area contributed by atoms with Gasteiger partial charge in [0.1, 0.15) is 0 Å². The third-order valence-electron chi connectivity index (χ3n) is 2.77. The van der Waals surface area contributed by atoms with Gasteiger partial charge in [-0.1, -0.05) is 39.7 Å². The lowest BCUT2D eigenvalue weighted by Crippen LogP contribution is -2.41. The number of para-hydroxylation sites is 1. The van der Waals surface area contributed by atoms with Gasteiger partial charge in [-0.15, -0.1) is 0 Å². The highest BCUT2D eigenvalue weighted by Crippen LogP contribution is 2.32. The molecule has 0 saturated carbocycles. The van der Waals surface area contributed by atoms with Crippen LogP contribution in [0.3, 0.4) is 0 Å². The fourth-order valence-corrected chi connectivity index (χ4v) is 2.81. The minimum Gasteiger partial charge on any atom is -0.375 e. The molecule has 0 aromatic heterocycles. The fraction of sp³-hybridized carbons (Fsp3) is 0.500. The van der Waals surface area contributed by atoms with Crippen LogP contribution in [0.1, 0.15) is 12.5 Å². The zero-order chi connectivity index (χ0) is 11.5. The number of alkyl halides is 1. The summed E-state index contributed by atoms with van der Waals surface area (Å²) in [6.45, 7) is 4.68. The molecule has 0 aliphatic carbocycles. The van der Waals surface area contributed by atoms with Gasteiger partial charge in [-0.05, 0) is 18.6 Å². The SMILES string of the molecule is CC1CN(c2c(Cl)cccc2CBr)CCO1. The summed E-state index contributed by atoms with van der Waals surface area (Å²) in [7, 11) is 0. The van der Waals surface area contributed by atoms with Crippen molar-refractivity contribution >= 4 is 33.2 Å². The molecule has 1 saturated heterocycles. The number of hydrogen-bond acceptors (Lipinski definition) is 2. The van der Waals surface area contributed by atoms with E-state index >= 15 is 0 Å². The molecular formula is C12H15BrClNO. The lowest BCUT2D eigenvalue weighted by atomic mass is 10.1. The molecule has 2 nitrogen and oxygen atoms in total. The number of morpholine rings is 1. The number of rotatable bonds is 2. The molecule has 16 heavy (non-hydrogen) atoms. The second kappa shape index (κ2) is 5.39. The average molecular weight is 305 g/mol. The largest absolute Gasteiger partial charge is 0.375 e. The van der Waals surface area contributed by atoms with Gasteiger partial charge in [-0.2, -0.15) is 0 Å². The van der Waals surface area contributed by atoms with E-state index in [-0.39, 0.29) is 6.10 Å². The van der Waals surface area contributed by atoms with Gasteiger partial charge in [0.25, 0.3) is 0 Å². The van der Waals surface area contributed by atoms with Gasteiger partial charge in [-0.25, -0.2) is 0 Å². The Morgan fingerprint density at radius 1 is 1.56 bits per heavy atom. The van der Waals surface area contributed by atoms with E-state index in [1.807, 2.05) is 12.1 Å². The molecule has 0 amide bonds. The number of anilines is 1. The summed E-state index contributed by atoms with van der Waals surface area (Å²) in [6, 6.07) is 6.05. The van der Waals surface area contributed by atoms with Crippen molar-refractivity contribution in [3.8, 4) is 0 Å². The Labute approximate surface area is 110 Å². The van der Waals surface area contributed by atoms with Crippen LogP contribution in [0.5, 0.6) is 0 Å². The Morgan fingerprint density at radius 2 is 2.38 bits per heavy atom. The standard InChI is InChI=1S/C12H15BrClNO/c1-9-8-15(5-6-16-9)12-10(7-13)3-2-4-11(12)14/h2-4,9H,5-8H2,1H3. The first-order valence-electron chi connectivity index (χ1n) is 5.42. The molecule has 0 radical (unpaired) electrons. The van der Waals surface area contributed by atoms with Gasteiger partial charge in [0.15, 0.2) is 0 Å². The molecule has 4 heteroatoms. The summed E-state index contributed by atoms with van der Waals surface area (Å²) < 4.78 is 5.55. The van der Waals surface area contributed by atoms with Crippen molar-refractivity contribution in [1.29, 1.82) is 0 Å². The van der Waals surface area contributed by atoms with Gasteiger partial charge < -0.3 is 9.64 Å². The van der Waals surface area contributed by atoms with Crippen molar-refractivity contribution < 1.29 is 4.74 Å². The lowest BCUT2D eigenvalue weighted by molar-refractivity contribution is 0.0532. The highest BCUT2D eigenvalue weighted by molar-refractivity contribution is 9.08. The number of halogens is 2. The third kappa shape index (κ3) is 2.53. The number of nitrogens with zero attached hydrogens (tertiary/aromatic N) is 1. The van der Waals surface area contributed by atoms with E-state index in [1.54, 1.807) is 0 Å². The van der Waals surface area contributed by atoms with Gasteiger partial charge in [-0.3, -0.25) is 0 Å². The van der Waals surface area contributed by atoms with Crippen molar-refractivity contribution in [2.75, 3.05) is 24.6 Å². The molecule has 0 N–H and O–H groups in total. The maximum atomic E-state index is 6.29. The molecular weight excluding hydrogens is 289 g/mol. The van der Waals surface area contributed by atoms with Crippen LogP contribution >= 0.6 is 27.5 Å². The Hall–Kier alpha value is -0.250. The second-order valence-corrected chi connectivity index (χ2v) is 4.98. The van der Waals surface area contributed by atoms with Crippen LogP contribution in [0.15, 0.2) is 18.2 Å². The summed E-state index contributed by atoms with van der Waals surface area (Å²) in [6.07, 6.45) is 0.271. The average Bonchev–Trinajstić information content (AvgIpc) is 2.28. The molecule has 88 valence electrons. The summed E-state index contributed by atoms with van der Waals surface area (Å²) in [5.41, 5.74) is 2.39. The smallest absolute Gasteiger partial charge is 0.0722 e. The zero-order valence-corrected chi connectivity index (χ0v) is 11.6. The molecule has 1 aromatic carbocycles. The van der Waals surface area contributed by atoms with Crippen molar-refractivity contribution in [2.45, 2.75) is 18.4 Å². The second-order valence-electron chi connectivity index (χ2n) is 4.01. The molecule has 1 aromatic rings. The first kappa shape index (κ1) is 12.2. The van der Waals surface area contributed by atoms with E-state index in [0.717, 1.165) is 35.7 Å². The molecule has 1 aliphatic rings. The molecule has 1 fully saturated rings. The molecule has 0 bridgehead atoms. The van der Waals surface area contributed by atoms with Gasteiger partial charge in [0.2, 0.25) is 0 Å². The quantitative estimate of drug-likeness (QED) is 0.776. The molecule has 1 atom stereocenters. The maximum Gasteiger partial charge on any atom is 0.0722 e. The highest BCUT2D eigenvalue weighted by Gasteiger charge is 2.20.